The summed E-state index contributed by atoms with van der Waals surface area (Å²) < 4.78 is 0. The van der Waals surface area contributed by atoms with E-state index >= 15 is 0 Å². The number of nitrogens with one attached hydrogen (secondary N) is 1. The van der Waals surface area contributed by atoms with Crippen LogP contribution in [0.4, 0.5) is 0 Å². The van der Waals surface area contributed by atoms with E-state index in [1.165, 1.54) is 11.1 Å². The zero-order valence-electron chi connectivity index (χ0n) is 10.6. The summed E-state index contributed by atoms with van der Waals surface area (Å²) in [5, 5.41) is 2.95. The Hall–Kier alpha value is -1.64. The Balaban J connectivity index is 1.90. The summed E-state index contributed by atoms with van der Waals surface area (Å²) in [6, 6.07) is 5.99. The van der Waals surface area contributed by atoms with Crippen molar-refractivity contribution < 1.29 is 9.59 Å². The molecular weight excluding hydrogens is 226 g/mol. The van der Waals surface area contributed by atoms with E-state index in [1.54, 1.807) is 6.92 Å². The monoisotopic (exact) mass is 243 g/mol. The highest BCUT2D eigenvalue weighted by Crippen LogP contribution is 2.40. The minimum atomic E-state index is 0.121. The van der Waals surface area contributed by atoms with E-state index < -0.39 is 0 Å². The van der Waals surface area contributed by atoms with Gasteiger partial charge in [-0.2, -0.15) is 0 Å². The van der Waals surface area contributed by atoms with Gasteiger partial charge in [0.25, 0.3) is 0 Å². The minimum Gasteiger partial charge on any atom is -0.356 e. The molecule has 0 radical (unpaired) electrons. The van der Waals surface area contributed by atoms with Crippen molar-refractivity contribution in [1.29, 1.82) is 0 Å². The van der Waals surface area contributed by atoms with Crippen molar-refractivity contribution >= 4 is 11.7 Å². The molecule has 3 nitrogen and oxygen atoms in total. The van der Waals surface area contributed by atoms with Crippen molar-refractivity contribution in [1.82, 2.24) is 5.32 Å². The summed E-state index contributed by atoms with van der Waals surface area (Å²) in [5.41, 5.74) is 3.52. The van der Waals surface area contributed by atoms with Crippen LogP contribution in [0.15, 0.2) is 18.2 Å². The third-order valence-corrected chi connectivity index (χ3v) is 4.30. The van der Waals surface area contributed by atoms with Crippen LogP contribution in [0.2, 0.25) is 0 Å². The lowest BCUT2D eigenvalue weighted by molar-refractivity contribution is -0.119. The maximum atomic E-state index is 11.4. The summed E-state index contributed by atoms with van der Waals surface area (Å²) >= 11 is 0. The molecule has 1 atom stereocenters. The number of fused-ring (bicyclic) bond motifs is 1. The van der Waals surface area contributed by atoms with E-state index in [-0.39, 0.29) is 17.1 Å². The van der Waals surface area contributed by atoms with E-state index in [0.29, 0.717) is 6.42 Å². The second kappa shape index (κ2) is 3.94. The van der Waals surface area contributed by atoms with E-state index in [9.17, 15) is 9.59 Å². The molecule has 0 saturated carbocycles. The third kappa shape index (κ3) is 1.84. The van der Waals surface area contributed by atoms with Crippen LogP contribution in [-0.4, -0.2) is 18.2 Å². The van der Waals surface area contributed by atoms with E-state index in [1.807, 2.05) is 12.1 Å². The Labute approximate surface area is 107 Å². The van der Waals surface area contributed by atoms with Gasteiger partial charge in [0, 0.05) is 23.9 Å². The van der Waals surface area contributed by atoms with Gasteiger partial charge in [0.1, 0.15) is 0 Å². The van der Waals surface area contributed by atoms with Crippen LogP contribution in [0.1, 0.15) is 41.3 Å². The number of aryl methyl sites for hydroxylation is 1. The normalized spacial score (nSPS) is 25.9. The first-order valence-corrected chi connectivity index (χ1v) is 6.47. The molecule has 18 heavy (non-hydrogen) atoms. The quantitative estimate of drug-likeness (QED) is 0.765. The molecule has 1 saturated heterocycles. The van der Waals surface area contributed by atoms with Crippen LogP contribution >= 0.6 is 0 Å². The lowest BCUT2D eigenvalue weighted by Crippen LogP contribution is -2.31. The van der Waals surface area contributed by atoms with Gasteiger partial charge in [0.15, 0.2) is 5.78 Å². The number of benzene rings is 1. The Morgan fingerprint density at radius 1 is 1.28 bits per heavy atom. The van der Waals surface area contributed by atoms with Crippen LogP contribution in [0.5, 0.6) is 0 Å². The molecule has 1 aliphatic carbocycles. The van der Waals surface area contributed by atoms with Gasteiger partial charge in [0.05, 0.1) is 0 Å². The van der Waals surface area contributed by atoms with E-state index in [2.05, 4.69) is 11.4 Å². The summed E-state index contributed by atoms with van der Waals surface area (Å²) in [7, 11) is 0. The van der Waals surface area contributed by atoms with Crippen LogP contribution in [0.3, 0.4) is 0 Å². The summed E-state index contributed by atoms with van der Waals surface area (Å²) in [4.78, 5) is 22.8. The van der Waals surface area contributed by atoms with Crippen molar-refractivity contribution in [2.75, 3.05) is 6.54 Å². The van der Waals surface area contributed by atoms with Gasteiger partial charge in [-0.25, -0.2) is 0 Å². The van der Waals surface area contributed by atoms with Crippen molar-refractivity contribution in [2.45, 2.75) is 32.6 Å². The summed E-state index contributed by atoms with van der Waals surface area (Å²) in [6.45, 7) is 2.41. The van der Waals surface area contributed by atoms with Crippen LogP contribution in [0.25, 0.3) is 0 Å². The molecule has 1 fully saturated rings. The fourth-order valence-corrected chi connectivity index (χ4v) is 3.20. The van der Waals surface area contributed by atoms with Gasteiger partial charge in [-0.15, -0.1) is 0 Å². The first-order chi connectivity index (χ1) is 8.58. The number of carbonyl (C=O) groups is 2. The van der Waals surface area contributed by atoms with Gasteiger partial charge < -0.3 is 5.32 Å². The Morgan fingerprint density at radius 3 is 2.78 bits per heavy atom. The second-order valence-corrected chi connectivity index (χ2v) is 5.67. The largest absolute Gasteiger partial charge is 0.356 e. The lowest BCUT2D eigenvalue weighted by Gasteiger charge is -2.33. The fraction of sp³-hybridized carbons (Fsp3) is 0.467. The molecule has 3 heteroatoms. The number of hydrogen-bond acceptors (Lipinski definition) is 2. The molecule has 1 amide bonds. The maximum absolute atomic E-state index is 11.4. The highest BCUT2D eigenvalue weighted by atomic mass is 16.2. The van der Waals surface area contributed by atoms with E-state index in [4.69, 9.17) is 0 Å². The van der Waals surface area contributed by atoms with Crippen molar-refractivity contribution in [3.8, 4) is 0 Å². The molecular formula is C15H17NO2. The van der Waals surface area contributed by atoms with Gasteiger partial charge in [0.2, 0.25) is 5.91 Å². The SMILES string of the molecule is CC(=O)c1ccc2c(c1)CCC1(CNC(=O)C1)C2. The highest BCUT2D eigenvalue weighted by Gasteiger charge is 2.40. The Bertz CT molecular complexity index is 535. The molecule has 1 N–H and O–H groups in total. The van der Waals surface area contributed by atoms with E-state index in [0.717, 1.165) is 31.4 Å². The smallest absolute Gasteiger partial charge is 0.220 e. The number of ketones is 1. The molecule has 1 aromatic carbocycles. The predicted octanol–water partition coefficient (Wildman–Crippen LogP) is 1.88. The van der Waals surface area contributed by atoms with Crippen LogP contribution in [-0.2, 0) is 17.6 Å². The molecule has 2 aliphatic rings. The average molecular weight is 243 g/mol. The summed E-state index contributed by atoms with van der Waals surface area (Å²) in [5.74, 6) is 0.301. The fourth-order valence-electron chi connectivity index (χ4n) is 3.20. The zero-order chi connectivity index (χ0) is 12.8. The van der Waals surface area contributed by atoms with Crippen LogP contribution < -0.4 is 5.32 Å². The predicted molar refractivity (Wildman–Crippen MR) is 68.5 cm³/mol. The zero-order valence-corrected chi connectivity index (χ0v) is 10.6. The Kier molecular flexibility index (Phi) is 2.51. The average Bonchev–Trinajstić information content (AvgIpc) is 2.69. The molecule has 0 aromatic heterocycles. The standard InChI is InChI=1S/C15H17NO2/c1-10(17)11-2-3-13-7-15(5-4-12(13)6-11)8-14(18)16-9-15/h2-3,6H,4-5,7-9H2,1H3,(H,16,18). The number of Topliss-reactive ketones (excluding diaryl/α,β-unsaturated/α-hetero) is 1. The van der Waals surface area contributed by atoms with Crippen molar-refractivity contribution in [2.24, 2.45) is 5.41 Å². The topological polar surface area (TPSA) is 46.2 Å². The first kappa shape index (κ1) is 11.5. The molecule has 0 bridgehead atoms. The number of hydrogen-bond donors (Lipinski definition) is 1. The van der Waals surface area contributed by atoms with Crippen molar-refractivity contribution in [3.05, 3.63) is 34.9 Å². The molecule has 1 heterocycles. The highest BCUT2D eigenvalue weighted by molar-refractivity contribution is 5.94. The molecule has 1 spiro atoms. The Morgan fingerprint density at radius 2 is 2.11 bits per heavy atom. The van der Waals surface area contributed by atoms with Gasteiger partial charge in [-0.1, -0.05) is 12.1 Å². The van der Waals surface area contributed by atoms with Crippen LogP contribution in [0, 0.1) is 5.41 Å². The first-order valence-electron chi connectivity index (χ1n) is 6.47. The third-order valence-electron chi connectivity index (χ3n) is 4.30. The molecule has 94 valence electrons. The van der Waals surface area contributed by atoms with Crippen molar-refractivity contribution in [3.63, 3.8) is 0 Å². The van der Waals surface area contributed by atoms with Gasteiger partial charge in [-0.05, 0) is 43.4 Å². The maximum Gasteiger partial charge on any atom is 0.220 e. The molecule has 1 aromatic rings. The number of carbonyl (C=O) groups excluding carboxylic acids is 2. The summed E-state index contributed by atoms with van der Waals surface area (Å²) in [6.07, 6.45) is 3.63. The van der Waals surface area contributed by atoms with Gasteiger partial charge in [-0.3, -0.25) is 9.59 Å². The number of rotatable bonds is 1. The lowest BCUT2D eigenvalue weighted by atomic mass is 9.71. The molecule has 1 unspecified atom stereocenters. The minimum absolute atomic E-state index is 0.121. The molecule has 3 rings (SSSR count). The second-order valence-electron chi connectivity index (χ2n) is 5.67. The molecule has 1 aliphatic heterocycles. The number of amides is 1. The van der Waals surface area contributed by atoms with Gasteiger partial charge >= 0.3 is 0 Å².